The van der Waals surface area contributed by atoms with Gasteiger partial charge in [-0.05, 0) is 24.6 Å². The van der Waals surface area contributed by atoms with E-state index in [0.29, 0.717) is 19.5 Å². The maximum absolute atomic E-state index is 10.7. The number of anilines is 1. The molecule has 1 aromatic carbocycles. The molecule has 0 N–H and O–H groups in total. The largest absolute Gasteiger partial charge is 0.488 e. The highest BCUT2D eigenvalue weighted by atomic mass is 16.5. The SMILES string of the molecule is COC(=C=O)CN(CCC#N)c1cccc(C)c1. The van der Waals surface area contributed by atoms with Gasteiger partial charge in [0.1, 0.15) is 0 Å². The number of nitriles is 1. The van der Waals surface area contributed by atoms with E-state index in [2.05, 4.69) is 6.07 Å². The van der Waals surface area contributed by atoms with Gasteiger partial charge in [0, 0.05) is 12.2 Å². The Balaban J connectivity index is 2.91. The van der Waals surface area contributed by atoms with Gasteiger partial charge in [0.2, 0.25) is 0 Å². The van der Waals surface area contributed by atoms with Gasteiger partial charge in [-0.3, -0.25) is 0 Å². The molecule has 4 nitrogen and oxygen atoms in total. The average molecular weight is 244 g/mol. The van der Waals surface area contributed by atoms with E-state index in [9.17, 15) is 4.79 Å². The maximum Gasteiger partial charge on any atom is 0.198 e. The van der Waals surface area contributed by atoms with Crippen LogP contribution < -0.4 is 4.90 Å². The van der Waals surface area contributed by atoms with E-state index in [1.807, 2.05) is 36.1 Å². The molecule has 0 amide bonds. The number of hydrogen-bond acceptors (Lipinski definition) is 4. The van der Waals surface area contributed by atoms with Crippen molar-refractivity contribution in [2.24, 2.45) is 0 Å². The number of methoxy groups -OCH3 is 1. The van der Waals surface area contributed by atoms with Crippen LogP contribution >= 0.6 is 0 Å². The molecule has 0 bridgehead atoms. The first-order chi connectivity index (χ1) is 8.71. The first-order valence-electron chi connectivity index (χ1n) is 5.67. The maximum atomic E-state index is 10.7. The summed E-state index contributed by atoms with van der Waals surface area (Å²) in [5.41, 5.74) is 2.10. The Morgan fingerprint density at radius 3 is 2.83 bits per heavy atom. The first kappa shape index (κ1) is 13.8. The molecule has 4 heteroatoms. The van der Waals surface area contributed by atoms with Gasteiger partial charge in [0.15, 0.2) is 11.7 Å². The Morgan fingerprint density at radius 2 is 2.28 bits per heavy atom. The van der Waals surface area contributed by atoms with Crippen LogP contribution in [0.5, 0.6) is 0 Å². The summed E-state index contributed by atoms with van der Waals surface area (Å²) in [5, 5.41) is 8.67. The van der Waals surface area contributed by atoms with Crippen molar-refractivity contribution in [3.05, 3.63) is 35.6 Å². The second-order valence-corrected chi connectivity index (χ2v) is 3.90. The summed E-state index contributed by atoms with van der Waals surface area (Å²) in [7, 11) is 1.44. The van der Waals surface area contributed by atoms with Crippen LogP contribution in [-0.4, -0.2) is 26.1 Å². The molecule has 18 heavy (non-hydrogen) atoms. The van der Waals surface area contributed by atoms with E-state index in [4.69, 9.17) is 10.00 Å². The van der Waals surface area contributed by atoms with Gasteiger partial charge in [0.05, 0.1) is 26.1 Å². The molecule has 0 saturated carbocycles. The molecule has 94 valence electrons. The normalized spacial score (nSPS) is 9.17. The molecule has 0 saturated heterocycles. The predicted octanol–water partition coefficient (Wildman–Crippen LogP) is 2.08. The van der Waals surface area contributed by atoms with Crippen LogP contribution in [0, 0.1) is 18.3 Å². The van der Waals surface area contributed by atoms with Gasteiger partial charge >= 0.3 is 0 Å². The van der Waals surface area contributed by atoms with E-state index in [1.165, 1.54) is 7.11 Å². The van der Waals surface area contributed by atoms with Crippen molar-refractivity contribution in [2.45, 2.75) is 13.3 Å². The molecule has 0 aliphatic carbocycles. The molecular weight excluding hydrogens is 228 g/mol. The number of nitrogens with zero attached hydrogens (tertiary/aromatic N) is 2. The van der Waals surface area contributed by atoms with Crippen LogP contribution in [-0.2, 0) is 9.53 Å². The lowest BCUT2D eigenvalue weighted by Crippen LogP contribution is -2.27. The summed E-state index contributed by atoms with van der Waals surface area (Å²) in [5.74, 6) is 1.99. The highest BCUT2D eigenvalue weighted by Gasteiger charge is 2.10. The van der Waals surface area contributed by atoms with Crippen LogP contribution in [0.3, 0.4) is 0 Å². The fraction of sp³-hybridized carbons (Fsp3) is 0.357. The van der Waals surface area contributed by atoms with E-state index in [1.54, 1.807) is 5.94 Å². The zero-order valence-electron chi connectivity index (χ0n) is 10.6. The van der Waals surface area contributed by atoms with Crippen molar-refractivity contribution in [3.8, 4) is 6.07 Å². The van der Waals surface area contributed by atoms with Crippen LogP contribution in [0.15, 0.2) is 30.0 Å². The van der Waals surface area contributed by atoms with Crippen molar-refractivity contribution in [1.82, 2.24) is 0 Å². The third-order valence-corrected chi connectivity index (χ3v) is 2.56. The van der Waals surface area contributed by atoms with Crippen molar-refractivity contribution in [3.63, 3.8) is 0 Å². The summed E-state index contributed by atoms with van der Waals surface area (Å²) in [6.45, 7) is 2.87. The fourth-order valence-corrected chi connectivity index (χ4v) is 1.62. The van der Waals surface area contributed by atoms with Crippen molar-refractivity contribution >= 4 is 11.6 Å². The molecule has 0 heterocycles. The number of hydrogen-bond donors (Lipinski definition) is 0. The molecule has 1 rings (SSSR count). The van der Waals surface area contributed by atoms with E-state index >= 15 is 0 Å². The van der Waals surface area contributed by atoms with E-state index < -0.39 is 0 Å². The van der Waals surface area contributed by atoms with Crippen molar-refractivity contribution in [2.75, 3.05) is 25.1 Å². The first-order valence-corrected chi connectivity index (χ1v) is 5.67. The molecule has 0 spiro atoms. The zero-order chi connectivity index (χ0) is 13.4. The Labute approximate surface area is 107 Å². The van der Waals surface area contributed by atoms with Gasteiger partial charge < -0.3 is 9.64 Å². The molecular formula is C14H16N2O2. The van der Waals surface area contributed by atoms with E-state index in [-0.39, 0.29) is 5.76 Å². The number of benzene rings is 1. The monoisotopic (exact) mass is 244 g/mol. The lowest BCUT2D eigenvalue weighted by atomic mass is 10.2. The molecule has 0 aliphatic rings. The number of ether oxygens (including phenoxy) is 1. The predicted molar refractivity (Wildman–Crippen MR) is 69.8 cm³/mol. The quantitative estimate of drug-likeness (QED) is 0.568. The lowest BCUT2D eigenvalue weighted by Gasteiger charge is -2.23. The smallest absolute Gasteiger partial charge is 0.198 e. The van der Waals surface area contributed by atoms with Crippen molar-refractivity contribution in [1.29, 1.82) is 5.26 Å². The molecule has 0 aromatic heterocycles. The second kappa shape index (κ2) is 7.16. The van der Waals surface area contributed by atoms with Gasteiger partial charge in [-0.25, -0.2) is 4.79 Å². The summed E-state index contributed by atoms with van der Waals surface area (Å²) in [6.07, 6.45) is 0.393. The summed E-state index contributed by atoms with van der Waals surface area (Å²) in [6, 6.07) is 10.0. The zero-order valence-corrected chi connectivity index (χ0v) is 10.6. The topological polar surface area (TPSA) is 53.3 Å². The molecule has 0 atom stereocenters. The lowest BCUT2D eigenvalue weighted by molar-refractivity contribution is 0.288. The van der Waals surface area contributed by atoms with Crippen LogP contribution in [0.2, 0.25) is 0 Å². The number of carbonyl (C=O) groups excluding carboxylic acids is 1. The van der Waals surface area contributed by atoms with Crippen LogP contribution in [0.25, 0.3) is 0 Å². The van der Waals surface area contributed by atoms with Gasteiger partial charge in [-0.1, -0.05) is 12.1 Å². The minimum atomic E-state index is 0.231. The highest BCUT2D eigenvalue weighted by molar-refractivity contribution is 5.55. The molecule has 0 aliphatic heterocycles. The van der Waals surface area contributed by atoms with Crippen LogP contribution in [0.1, 0.15) is 12.0 Å². The van der Waals surface area contributed by atoms with Crippen molar-refractivity contribution < 1.29 is 9.53 Å². The van der Waals surface area contributed by atoms with Crippen LogP contribution in [0.4, 0.5) is 5.69 Å². The average Bonchev–Trinajstić information content (AvgIpc) is 2.39. The summed E-state index contributed by atoms with van der Waals surface area (Å²) in [4.78, 5) is 12.6. The summed E-state index contributed by atoms with van der Waals surface area (Å²) >= 11 is 0. The third-order valence-electron chi connectivity index (χ3n) is 2.56. The Kier molecular flexibility index (Phi) is 5.50. The summed E-state index contributed by atoms with van der Waals surface area (Å²) < 4.78 is 4.93. The second-order valence-electron chi connectivity index (χ2n) is 3.90. The van der Waals surface area contributed by atoms with Gasteiger partial charge in [-0.15, -0.1) is 0 Å². The van der Waals surface area contributed by atoms with Gasteiger partial charge in [0.25, 0.3) is 0 Å². The van der Waals surface area contributed by atoms with E-state index in [0.717, 1.165) is 11.3 Å². The minimum absolute atomic E-state index is 0.231. The minimum Gasteiger partial charge on any atom is -0.488 e. The Morgan fingerprint density at radius 1 is 1.50 bits per heavy atom. The highest BCUT2D eigenvalue weighted by Crippen LogP contribution is 2.17. The molecule has 0 radical (unpaired) electrons. The number of aryl methyl sites for hydroxylation is 1. The van der Waals surface area contributed by atoms with Gasteiger partial charge in [-0.2, -0.15) is 5.26 Å². The number of rotatable bonds is 6. The standard InChI is InChI=1S/C14H16N2O2/c1-12-5-3-6-13(9-12)16(8-4-7-15)10-14(11-17)18-2/h3,5-6,9H,4,8,10H2,1-2H3. The fourth-order valence-electron chi connectivity index (χ4n) is 1.62. The molecule has 0 fully saturated rings. The third kappa shape index (κ3) is 3.97. The molecule has 1 aromatic rings. The Hall–Kier alpha value is -2.24. The Bertz CT molecular complexity index is 485. The molecule has 0 unspecified atom stereocenters.